The van der Waals surface area contributed by atoms with Crippen LogP contribution in [0.25, 0.3) is 0 Å². The molecule has 0 amide bonds. The molecule has 1 aromatic rings. The quantitative estimate of drug-likeness (QED) is 0.739. The Kier molecular flexibility index (Phi) is 3.90. The predicted molar refractivity (Wildman–Crippen MR) is 75.6 cm³/mol. The first-order valence-electron chi connectivity index (χ1n) is 6.73. The number of nitrogens with zero attached hydrogens (tertiary/aromatic N) is 1. The Bertz CT molecular complexity index is 662. The van der Waals surface area contributed by atoms with Crippen molar-refractivity contribution in [2.45, 2.75) is 50.8 Å². The van der Waals surface area contributed by atoms with Crippen molar-refractivity contribution >= 4 is 16.0 Å². The molecule has 1 aliphatic carbocycles. The van der Waals surface area contributed by atoms with Gasteiger partial charge in [0.15, 0.2) is 0 Å². The van der Waals surface area contributed by atoms with Crippen molar-refractivity contribution in [1.82, 2.24) is 9.29 Å². The molecule has 118 valence electrons. The average Bonchev–Trinajstić information content (AvgIpc) is 2.83. The minimum atomic E-state index is -3.81. The molecule has 8 heteroatoms. The van der Waals surface area contributed by atoms with Crippen LogP contribution in [0, 0.1) is 5.41 Å². The molecule has 1 aromatic heterocycles. The fourth-order valence-electron chi connectivity index (χ4n) is 2.43. The van der Waals surface area contributed by atoms with E-state index in [0.29, 0.717) is 13.0 Å². The number of aromatic nitrogens is 1. The number of aromatic carboxylic acids is 1. The van der Waals surface area contributed by atoms with Gasteiger partial charge in [0.1, 0.15) is 10.6 Å². The normalized spacial score (nSPS) is 24.6. The van der Waals surface area contributed by atoms with Gasteiger partial charge in [-0.15, -0.1) is 0 Å². The lowest BCUT2D eigenvalue weighted by atomic mass is 9.65. The van der Waals surface area contributed by atoms with Crippen LogP contribution >= 0.6 is 0 Å². The van der Waals surface area contributed by atoms with Gasteiger partial charge in [0.05, 0.1) is 6.10 Å². The summed E-state index contributed by atoms with van der Waals surface area (Å²) in [4.78, 5) is 11.0. The molecule has 2 rings (SSSR count). The van der Waals surface area contributed by atoms with Crippen LogP contribution < -0.4 is 4.72 Å². The Morgan fingerprint density at radius 1 is 1.52 bits per heavy atom. The molecule has 1 aliphatic rings. The monoisotopic (exact) mass is 316 g/mol. The first-order valence-corrected chi connectivity index (χ1v) is 8.21. The van der Waals surface area contributed by atoms with Gasteiger partial charge in [-0.1, -0.05) is 13.8 Å². The van der Waals surface area contributed by atoms with Crippen molar-refractivity contribution in [1.29, 1.82) is 0 Å². The highest BCUT2D eigenvalue weighted by molar-refractivity contribution is 7.89. The molecule has 1 saturated carbocycles. The topological polar surface area (TPSA) is 109 Å². The molecule has 0 spiro atoms. The van der Waals surface area contributed by atoms with Crippen LogP contribution in [0.2, 0.25) is 0 Å². The van der Waals surface area contributed by atoms with Gasteiger partial charge in [-0.3, -0.25) is 0 Å². The molecule has 7 nitrogen and oxygen atoms in total. The summed E-state index contributed by atoms with van der Waals surface area (Å²) in [6.45, 7) is 5.68. The number of carboxylic acid groups (broad SMARTS) is 1. The van der Waals surface area contributed by atoms with Crippen molar-refractivity contribution in [3.05, 3.63) is 18.0 Å². The molecule has 3 N–H and O–H groups in total. The molecule has 0 saturated heterocycles. The number of hydrogen-bond donors (Lipinski definition) is 3. The number of sulfonamides is 1. The van der Waals surface area contributed by atoms with Crippen LogP contribution in [0.1, 0.15) is 37.7 Å². The summed E-state index contributed by atoms with van der Waals surface area (Å²) < 4.78 is 28.6. The summed E-state index contributed by atoms with van der Waals surface area (Å²) in [6, 6.07) is 0.784. The zero-order chi connectivity index (χ0) is 16.0. The second-order valence-electron chi connectivity index (χ2n) is 5.90. The van der Waals surface area contributed by atoms with Gasteiger partial charge in [0.2, 0.25) is 10.0 Å². The summed E-state index contributed by atoms with van der Waals surface area (Å²) >= 11 is 0. The summed E-state index contributed by atoms with van der Waals surface area (Å²) in [5.41, 5.74) is -0.596. The zero-order valence-corrected chi connectivity index (χ0v) is 13.0. The molecule has 0 radical (unpaired) electrons. The second kappa shape index (κ2) is 5.11. The van der Waals surface area contributed by atoms with Crippen LogP contribution in [-0.4, -0.2) is 41.3 Å². The van der Waals surface area contributed by atoms with Crippen LogP contribution in [0.4, 0.5) is 0 Å². The van der Waals surface area contributed by atoms with E-state index in [0.717, 1.165) is 6.07 Å². The maximum absolute atomic E-state index is 12.3. The average molecular weight is 316 g/mol. The Morgan fingerprint density at radius 2 is 2.14 bits per heavy atom. The van der Waals surface area contributed by atoms with E-state index in [2.05, 4.69) is 4.72 Å². The number of carboxylic acids is 1. The van der Waals surface area contributed by atoms with Gasteiger partial charge in [0.25, 0.3) is 0 Å². The molecule has 0 bridgehead atoms. The number of hydrogen-bond acceptors (Lipinski definition) is 4. The van der Waals surface area contributed by atoms with E-state index in [1.165, 1.54) is 10.8 Å². The Hall–Kier alpha value is -1.38. The Labute approximate surface area is 123 Å². The first-order chi connectivity index (χ1) is 9.59. The van der Waals surface area contributed by atoms with Gasteiger partial charge in [0, 0.05) is 24.2 Å². The third kappa shape index (κ3) is 2.70. The lowest BCUT2D eigenvalue weighted by Gasteiger charge is -2.49. The Morgan fingerprint density at radius 3 is 2.52 bits per heavy atom. The smallest absolute Gasteiger partial charge is 0.352 e. The maximum atomic E-state index is 12.3. The van der Waals surface area contributed by atoms with Crippen molar-refractivity contribution < 1.29 is 23.4 Å². The summed E-state index contributed by atoms with van der Waals surface area (Å²) in [7, 11) is -3.81. The highest BCUT2D eigenvalue weighted by Crippen LogP contribution is 2.41. The third-order valence-electron chi connectivity index (χ3n) is 4.25. The number of aryl methyl sites for hydroxylation is 1. The lowest BCUT2D eigenvalue weighted by Crippen LogP contribution is -2.61. The third-order valence-corrected chi connectivity index (χ3v) is 5.69. The number of nitrogens with one attached hydrogen (secondary N) is 1. The fraction of sp³-hybridized carbons (Fsp3) is 0.615. The predicted octanol–water partition coefficient (Wildman–Crippen LogP) is 0.644. The highest BCUT2D eigenvalue weighted by atomic mass is 32.2. The standard InChI is InChI=1S/C13H20N2O5S/c1-4-15-7-8(5-9(15)12(17)18)21(19,20)14-10-6-11(16)13(10,2)3/h5,7,10-11,14,16H,4,6H2,1-3H3,(H,17,18). The van der Waals surface area contributed by atoms with Crippen LogP contribution in [-0.2, 0) is 16.6 Å². The molecule has 2 atom stereocenters. The SMILES string of the molecule is CCn1cc(S(=O)(=O)NC2CC(O)C2(C)C)cc1C(=O)O. The van der Waals surface area contributed by atoms with Crippen molar-refractivity contribution in [3.8, 4) is 0 Å². The summed E-state index contributed by atoms with van der Waals surface area (Å²) in [6.07, 6.45) is 1.13. The minimum Gasteiger partial charge on any atom is -0.477 e. The summed E-state index contributed by atoms with van der Waals surface area (Å²) in [5, 5.41) is 18.7. The number of aliphatic hydroxyl groups is 1. The van der Waals surface area contributed by atoms with E-state index >= 15 is 0 Å². The molecule has 0 aliphatic heterocycles. The Balaban J connectivity index is 2.27. The van der Waals surface area contributed by atoms with Crippen LogP contribution in [0.5, 0.6) is 0 Å². The molecular formula is C13H20N2O5S. The number of carbonyl (C=O) groups is 1. The number of aliphatic hydroxyl groups excluding tert-OH is 1. The van der Waals surface area contributed by atoms with Crippen molar-refractivity contribution in [3.63, 3.8) is 0 Å². The molecule has 0 aromatic carbocycles. The highest BCUT2D eigenvalue weighted by Gasteiger charge is 2.49. The van der Waals surface area contributed by atoms with Gasteiger partial charge >= 0.3 is 5.97 Å². The van der Waals surface area contributed by atoms with Gasteiger partial charge < -0.3 is 14.8 Å². The van der Waals surface area contributed by atoms with Gasteiger partial charge in [-0.05, 0) is 19.4 Å². The van der Waals surface area contributed by atoms with Crippen LogP contribution in [0.15, 0.2) is 17.2 Å². The summed E-state index contributed by atoms with van der Waals surface area (Å²) in [5.74, 6) is -1.17. The zero-order valence-electron chi connectivity index (χ0n) is 12.2. The largest absolute Gasteiger partial charge is 0.477 e. The first kappa shape index (κ1) is 16.0. The van der Waals surface area contributed by atoms with E-state index in [1.807, 2.05) is 0 Å². The van der Waals surface area contributed by atoms with E-state index in [-0.39, 0.29) is 16.6 Å². The van der Waals surface area contributed by atoms with Crippen LogP contribution in [0.3, 0.4) is 0 Å². The van der Waals surface area contributed by atoms with E-state index < -0.39 is 27.5 Å². The van der Waals surface area contributed by atoms with Gasteiger partial charge in [-0.25, -0.2) is 17.9 Å². The van der Waals surface area contributed by atoms with Crippen molar-refractivity contribution in [2.24, 2.45) is 5.41 Å². The second-order valence-corrected chi connectivity index (χ2v) is 7.61. The number of rotatable bonds is 5. The fourth-order valence-corrected chi connectivity index (χ4v) is 3.87. The lowest BCUT2D eigenvalue weighted by molar-refractivity contribution is -0.0645. The molecule has 21 heavy (non-hydrogen) atoms. The van der Waals surface area contributed by atoms with E-state index in [4.69, 9.17) is 5.11 Å². The van der Waals surface area contributed by atoms with E-state index in [1.54, 1.807) is 20.8 Å². The molecule has 1 heterocycles. The van der Waals surface area contributed by atoms with E-state index in [9.17, 15) is 18.3 Å². The molecular weight excluding hydrogens is 296 g/mol. The molecule has 1 fully saturated rings. The maximum Gasteiger partial charge on any atom is 0.352 e. The molecule has 2 unspecified atom stereocenters. The van der Waals surface area contributed by atoms with Crippen molar-refractivity contribution in [2.75, 3.05) is 0 Å². The minimum absolute atomic E-state index is 0.0641. The van der Waals surface area contributed by atoms with Gasteiger partial charge in [-0.2, -0.15) is 0 Å².